The summed E-state index contributed by atoms with van der Waals surface area (Å²) in [4.78, 5) is 0. The highest BCUT2D eigenvalue weighted by atomic mass is 19.1. The predicted octanol–water partition coefficient (Wildman–Crippen LogP) is 5.21. The quantitative estimate of drug-likeness (QED) is 0.746. The van der Waals surface area contributed by atoms with E-state index in [1.54, 1.807) is 12.1 Å². The SMILES string of the molecule is Cc1ccc(C(C)c2cc(F)cc(C#N)c2)c2c1C(C)CC2. The summed E-state index contributed by atoms with van der Waals surface area (Å²) in [5.41, 5.74) is 6.80. The van der Waals surface area contributed by atoms with Gasteiger partial charge in [0.05, 0.1) is 11.6 Å². The van der Waals surface area contributed by atoms with E-state index in [9.17, 15) is 4.39 Å². The van der Waals surface area contributed by atoms with Crippen LogP contribution in [0.25, 0.3) is 0 Å². The summed E-state index contributed by atoms with van der Waals surface area (Å²) < 4.78 is 13.7. The largest absolute Gasteiger partial charge is 0.207 e. The Balaban J connectivity index is 2.09. The molecule has 0 aliphatic heterocycles. The Morgan fingerprint density at radius 3 is 2.77 bits per heavy atom. The van der Waals surface area contributed by atoms with Crippen molar-refractivity contribution in [3.63, 3.8) is 0 Å². The van der Waals surface area contributed by atoms with E-state index < -0.39 is 0 Å². The van der Waals surface area contributed by atoms with Gasteiger partial charge in [-0.2, -0.15) is 5.26 Å². The number of fused-ring (bicyclic) bond motifs is 1. The van der Waals surface area contributed by atoms with Gasteiger partial charge in [-0.3, -0.25) is 0 Å². The molecule has 0 bridgehead atoms. The first kappa shape index (κ1) is 14.8. The molecular formula is C20H20FN. The van der Waals surface area contributed by atoms with E-state index in [0.717, 1.165) is 12.0 Å². The molecule has 0 fully saturated rings. The number of rotatable bonds is 2. The van der Waals surface area contributed by atoms with Crippen molar-refractivity contribution in [2.45, 2.75) is 45.4 Å². The van der Waals surface area contributed by atoms with Crippen LogP contribution in [0.4, 0.5) is 4.39 Å². The van der Waals surface area contributed by atoms with Gasteiger partial charge in [0, 0.05) is 5.92 Å². The summed E-state index contributed by atoms with van der Waals surface area (Å²) >= 11 is 0. The van der Waals surface area contributed by atoms with Crippen LogP contribution in [0.3, 0.4) is 0 Å². The molecule has 2 atom stereocenters. The summed E-state index contributed by atoms with van der Waals surface area (Å²) in [6, 6.07) is 11.0. The maximum atomic E-state index is 13.7. The summed E-state index contributed by atoms with van der Waals surface area (Å²) in [5, 5.41) is 9.05. The zero-order valence-corrected chi connectivity index (χ0v) is 13.3. The summed E-state index contributed by atoms with van der Waals surface area (Å²) in [7, 11) is 0. The Labute approximate surface area is 131 Å². The van der Waals surface area contributed by atoms with Crippen LogP contribution in [-0.4, -0.2) is 0 Å². The van der Waals surface area contributed by atoms with Crippen LogP contribution in [-0.2, 0) is 6.42 Å². The lowest BCUT2D eigenvalue weighted by molar-refractivity contribution is 0.623. The van der Waals surface area contributed by atoms with Crippen molar-refractivity contribution in [3.05, 3.63) is 69.5 Å². The lowest BCUT2D eigenvalue weighted by Gasteiger charge is -2.19. The van der Waals surface area contributed by atoms with E-state index in [1.807, 2.05) is 6.07 Å². The molecule has 0 aromatic heterocycles. The molecule has 0 heterocycles. The number of aryl methyl sites for hydroxylation is 1. The van der Waals surface area contributed by atoms with Gasteiger partial charge in [-0.05, 0) is 71.7 Å². The van der Waals surface area contributed by atoms with Crippen LogP contribution >= 0.6 is 0 Å². The molecule has 3 rings (SSSR count). The van der Waals surface area contributed by atoms with Gasteiger partial charge in [-0.25, -0.2) is 4.39 Å². The normalized spacial score (nSPS) is 17.9. The molecule has 0 saturated heterocycles. The number of benzene rings is 2. The number of hydrogen-bond donors (Lipinski definition) is 0. The highest BCUT2D eigenvalue weighted by Crippen LogP contribution is 2.40. The minimum absolute atomic E-state index is 0.0995. The lowest BCUT2D eigenvalue weighted by atomic mass is 9.85. The van der Waals surface area contributed by atoms with Crippen LogP contribution in [0.15, 0.2) is 30.3 Å². The first-order valence-corrected chi connectivity index (χ1v) is 7.84. The standard InChI is InChI=1S/C20H20FN/c1-12-4-6-18(19-7-5-13(2)20(12)19)14(3)16-8-15(11-22)9-17(21)10-16/h4,6,8-10,13-14H,5,7H2,1-3H3. The highest BCUT2D eigenvalue weighted by molar-refractivity contribution is 5.50. The summed E-state index contributed by atoms with van der Waals surface area (Å²) in [6.45, 7) is 6.55. The average molecular weight is 293 g/mol. The summed E-state index contributed by atoms with van der Waals surface area (Å²) in [5.74, 6) is 0.366. The minimum atomic E-state index is -0.335. The molecule has 2 aromatic carbocycles. The third kappa shape index (κ3) is 2.41. The second-order valence-corrected chi connectivity index (χ2v) is 6.41. The first-order valence-electron chi connectivity index (χ1n) is 7.84. The van der Waals surface area contributed by atoms with Crippen LogP contribution in [0.1, 0.15) is 65.5 Å². The predicted molar refractivity (Wildman–Crippen MR) is 86.5 cm³/mol. The van der Waals surface area contributed by atoms with Gasteiger partial charge < -0.3 is 0 Å². The highest BCUT2D eigenvalue weighted by Gasteiger charge is 2.25. The fourth-order valence-electron chi connectivity index (χ4n) is 3.78. The van der Waals surface area contributed by atoms with Crippen LogP contribution in [0, 0.1) is 24.1 Å². The van der Waals surface area contributed by atoms with Crippen LogP contribution in [0.5, 0.6) is 0 Å². The Morgan fingerprint density at radius 2 is 2.05 bits per heavy atom. The van der Waals surface area contributed by atoms with Crippen LogP contribution < -0.4 is 0 Å². The molecule has 1 aliphatic carbocycles. The van der Waals surface area contributed by atoms with Gasteiger partial charge in [0.25, 0.3) is 0 Å². The Kier molecular flexibility index (Phi) is 3.74. The van der Waals surface area contributed by atoms with Crippen molar-refractivity contribution in [3.8, 4) is 6.07 Å². The molecule has 0 saturated carbocycles. The second kappa shape index (κ2) is 5.57. The zero-order chi connectivity index (χ0) is 15.9. The molecule has 0 N–H and O–H groups in total. The molecule has 112 valence electrons. The third-order valence-corrected chi connectivity index (χ3v) is 4.95. The molecular weight excluding hydrogens is 273 g/mol. The monoisotopic (exact) mass is 293 g/mol. The molecule has 1 nitrogen and oxygen atoms in total. The number of nitrogens with zero attached hydrogens (tertiary/aromatic N) is 1. The van der Waals surface area contributed by atoms with E-state index in [0.29, 0.717) is 11.5 Å². The summed E-state index contributed by atoms with van der Waals surface area (Å²) in [6.07, 6.45) is 2.28. The number of hydrogen-bond acceptors (Lipinski definition) is 1. The molecule has 0 amide bonds. The van der Waals surface area contributed by atoms with Crippen molar-refractivity contribution in [1.82, 2.24) is 0 Å². The third-order valence-electron chi connectivity index (χ3n) is 4.95. The van der Waals surface area contributed by atoms with Crippen molar-refractivity contribution in [2.75, 3.05) is 0 Å². The smallest absolute Gasteiger partial charge is 0.124 e. The number of halogens is 1. The average Bonchev–Trinajstić information content (AvgIpc) is 2.89. The maximum absolute atomic E-state index is 13.7. The Hall–Kier alpha value is -2.14. The molecule has 2 heteroatoms. The fourth-order valence-corrected chi connectivity index (χ4v) is 3.78. The molecule has 2 aromatic rings. The second-order valence-electron chi connectivity index (χ2n) is 6.41. The minimum Gasteiger partial charge on any atom is -0.207 e. The van der Waals surface area contributed by atoms with Gasteiger partial charge in [0.2, 0.25) is 0 Å². The van der Waals surface area contributed by atoms with E-state index >= 15 is 0 Å². The maximum Gasteiger partial charge on any atom is 0.124 e. The van der Waals surface area contributed by atoms with E-state index in [4.69, 9.17) is 5.26 Å². The fraction of sp³-hybridized carbons (Fsp3) is 0.350. The molecule has 2 unspecified atom stereocenters. The molecule has 0 radical (unpaired) electrons. The Morgan fingerprint density at radius 1 is 1.27 bits per heavy atom. The molecule has 0 spiro atoms. The lowest BCUT2D eigenvalue weighted by Crippen LogP contribution is -2.03. The molecule has 22 heavy (non-hydrogen) atoms. The van der Waals surface area contributed by atoms with Gasteiger partial charge >= 0.3 is 0 Å². The topological polar surface area (TPSA) is 23.8 Å². The van der Waals surface area contributed by atoms with Crippen molar-refractivity contribution < 1.29 is 4.39 Å². The molecule has 1 aliphatic rings. The van der Waals surface area contributed by atoms with Crippen molar-refractivity contribution in [2.24, 2.45) is 0 Å². The van der Waals surface area contributed by atoms with Crippen LogP contribution in [0.2, 0.25) is 0 Å². The van der Waals surface area contributed by atoms with Gasteiger partial charge in [-0.15, -0.1) is 0 Å². The van der Waals surface area contributed by atoms with E-state index in [2.05, 4.69) is 32.9 Å². The van der Waals surface area contributed by atoms with E-state index in [1.165, 1.54) is 34.7 Å². The zero-order valence-electron chi connectivity index (χ0n) is 13.3. The van der Waals surface area contributed by atoms with Crippen molar-refractivity contribution in [1.29, 1.82) is 5.26 Å². The van der Waals surface area contributed by atoms with Gasteiger partial charge in [0.15, 0.2) is 0 Å². The van der Waals surface area contributed by atoms with Crippen molar-refractivity contribution >= 4 is 0 Å². The van der Waals surface area contributed by atoms with E-state index in [-0.39, 0.29) is 11.7 Å². The van der Waals surface area contributed by atoms with Gasteiger partial charge in [0.1, 0.15) is 5.82 Å². The Bertz CT molecular complexity index is 770. The first-order chi connectivity index (χ1) is 10.5. The van der Waals surface area contributed by atoms with Gasteiger partial charge in [-0.1, -0.05) is 26.0 Å². The number of nitriles is 1.